The first kappa shape index (κ1) is 14.8. The van der Waals surface area contributed by atoms with Gasteiger partial charge in [0.05, 0.1) is 0 Å². The summed E-state index contributed by atoms with van der Waals surface area (Å²) < 4.78 is 0. The molecule has 118 valence electrons. The summed E-state index contributed by atoms with van der Waals surface area (Å²) in [6, 6.07) is 0. The van der Waals surface area contributed by atoms with Crippen LogP contribution in [0.4, 0.5) is 0 Å². The van der Waals surface area contributed by atoms with Gasteiger partial charge in [-0.2, -0.15) is 0 Å². The number of amides is 2. The number of nitrogens with zero attached hydrogens (tertiary/aromatic N) is 3. The van der Waals surface area contributed by atoms with Crippen molar-refractivity contribution in [3.8, 4) is 0 Å². The van der Waals surface area contributed by atoms with Crippen LogP contribution in [0.1, 0.15) is 32.1 Å². The molecule has 0 aromatic heterocycles. The third-order valence-corrected chi connectivity index (χ3v) is 5.55. The molecule has 5 nitrogen and oxygen atoms in total. The zero-order valence-electron chi connectivity index (χ0n) is 13.1. The molecule has 21 heavy (non-hydrogen) atoms. The van der Waals surface area contributed by atoms with Gasteiger partial charge in [-0.1, -0.05) is 19.3 Å². The fourth-order valence-corrected chi connectivity index (χ4v) is 4.07. The molecule has 0 aromatic rings. The molecule has 2 saturated heterocycles. The lowest BCUT2D eigenvalue weighted by atomic mass is 9.75. The molecule has 2 unspecified atom stereocenters. The Morgan fingerprint density at radius 3 is 2.10 bits per heavy atom. The Labute approximate surface area is 127 Å². The van der Waals surface area contributed by atoms with Crippen LogP contribution in [0, 0.1) is 11.8 Å². The summed E-state index contributed by atoms with van der Waals surface area (Å²) in [6.07, 6.45) is 6.27. The van der Waals surface area contributed by atoms with Crippen LogP contribution in [0.5, 0.6) is 0 Å². The monoisotopic (exact) mass is 293 g/mol. The highest BCUT2D eigenvalue weighted by atomic mass is 16.2. The van der Waals surface area contributed by atoms with Crippen molar-refractivity contribution in [2.24, 2.45) is 11.8 Å². The quantitative estimate of drug-likeness (QED) is 0.621. The highest BCUT2D eigenvalue weighted by Gasteiger charge is 2.36. The summed E-state index contributed by atoms with van der Waals surface area (Å²) >= 11 is 0. The van der Waals surface area contributed by atoms with Crippen LogP contribution in [0.25, 0.3) is 0 Å². The molecule has 0 radical (unpaired) electrons. The fraction of sp³-hybridized carbons (Fsp3) is 0.875. The molecule has 5 heteroatoms. The van der Waals surface area contributed by atoms with Gasteiger partial charge < -0.3 is 14.7 Å². The maximum absolute atomic E-state index is 12.5. The Morgan fingerprint density at radius 2 is 1.38 bits per heavy atom. The molecular weight excluding hydrogens is 266 g/mol. The normalized spacial score (nSPS) is 30.9. The number of hydrogen-bond donors (Lipinski definition) is 0. The van der Waals surface area contributed by atoms with E-state index in [1.54, 1.807) is 4.90 Å². The first-order valence-corrected chi connectivity index (χ1v) is 8.42. The molecule has 0 spiro atoms. The Balaban J connectivity index is 1.56. The second kappa shape index (κ2) is 6.34. The zero-order chi connectivity index (χ0) is 14.8. The van der Waals surface area contributed by atoms with E-state index in [0.717, 1.165) is 38.5 Å². The van der Waals surface area contributed by atoms with Crippen molar-refractivity contribution in [2.75, 3.05) is 46.3 Å². The first-order valence-electron chi connectivity index (χ1n) is 8.42. The van der Waals surface area contributed by atoms with Crippen LogP contribution >= 0.6 is 0 Å². The van der Waals surface area contributed by atoms with Gasteiger partial charge in [0.25, 0.3) is 0 Å². The molecule has 2 heterocycles. The molecule has 2 amide bonds. The first-order chi connectivity index (χ1) is 10.1. The van der Waals surface area contributed by atoms with Crippen molar-refractivity contribution in [2.45, 2.75) is 32.1 Å². The Morgan fingerprint density at radius 1 is 0.762 bits per heavy atom. The predicted molar refractivity (Wildman–Crippen MR) is 80.7 cm³/mol. The summed E-state index contributed by atoms with van der Waals surface area (Å²) in [4.78, 5) is 30.6. The van der Waals surface area contributed by atoms with Gasteiger partial charge in [-0.3, -0.25) is 9.59 Å². The van der Waals surface area contributed by atoms with Crippen LogP contribution in [-0.2, 0) is 9.59 Å². The minimum absolute atomic E-state index is 0.261. The van der Waals surface area contributed by atoms with Crippen molar-refractivity contribution in [3.63, 3.8) is 0 Å². The molecule has 1 aliphatic carbocycles. The number of likely N-dealkylation sites (tertiary alicyclic amines) is 1. The molecule has 2 atom stereocenters. The standard InChI is InChI=1S/C16H27N3O2/c1-17-8-10-18(11-9-17)15(20)16(21)19-7-6-13-4-2-3-5-14(13)12-19/h13-14H,2-12H2,1H3. The van der Waals surface area contributed by atoms with E-state index >= 15 is 0 Å². The van der Waals surface area contributed by atoms with E-state index in [2.05, 4.69) is 11.9 Å². The van der Waals surface area contributed by atoms with Crippen LogP contribution in [-0.4, -0.2) is 72.8 Å². The maximum Gasteiger partial charge on any atom is 0.312 e. The van der Waals surface area contributed by atoms with Crippen molar-refractivity contribution < 1.29 is 9.59 Å². The molecule has 2 aliphatic heterocycles. The number of rotatable bonds is 0. The molecule has 3 rings (SSSR count). The molecule has 3 aliphatic rings. The average molecular weight is 293 g/mol. The Bertz CT molecular complexity index is 404. The lowest BCUT2D eigenvalue weighted by Gasteiger charge is -2.41. The molecule has 0 aromatic carbocycles. The van der Waals surface area contributed by atoms with Gasteiger partial charge in [-0.15, -0.1) is 0 Å². The van der Waals surface area contributed by atoms with Crippen molar-refractivity contribution >= 4 is 11.8 Å². The number of piperazine rings is 1. The summed E-state index contributed by atoms with van der Waals surface area (Å²) in [7, 11) is 2.05. The van der Waals surface area contributed by atoms with Crippen LogP contribution < -0.4 is 0 Å². The van der Waals surface area contributed by atoms with E-state index in [9.17, 15) is 9.59 Å². The van der Waals surface area contributed by atoms with E-state index < -0.39 is 0 Å². The zero-order valence-corrected chi connectivity index (χ0v) is 13.1. The predicted octanol–water partition coefficient (Wildman–Crippen LogP) is 0.799. The summed E-state index contributed by atoms with van der Waals surface area (Å²) in [6.45, 7) is 4.68. The minimum Gasteiger partial charge on any atom is -0.334 e. The highest BCUT2D eigenvalue weighted by Crippen LogP contribution is 2.36. The van der Waals surface area contributed by atoms with E-state index in [1.165, 1.54) is 25.7 Å². The second-order valence-corrected chi connectivity index (χ2v) is 6.94. The number of piperidine rings is 1. The van der Waals surface area contributed by atoms with Crippen molar-refractivity contribution in [3.05, 3.63) is 0 Å². The lowest BCUT2D eigenvalue weighted by Crippen LogP contribution is -2.54. The second-order valence-electron chi connectivity index (χ2n) is 6.94. The van der Waals surface area contributed by atoms with E-state index in [-0.39, 0.29) is 11.8 Å². The Hall–Kier alpha value is -1.10. The van der Waals surface area contributed by atoms with Gasteiger partial charge in [0.15, 0.2) is 0 Å². The Kier molecular flexibility index (Phi) is 4.48. The van der Waals surface area contributed by atoms with Gasteiger partial charge in [-0.05, 0) is 31.7 Å². The minimum atomic E-state index is -0.280. The molecule has 0 N–H and O–H groups in total. The fourth-order valence-electron chi connectivity index (χ4n) is 4.07. The van der Waals surface area contributed by atoms with Gasteiger partial charge in [0.2, 0.25) is 0 Å². The average Bonchev–Trinajstić information content (AvgIpc) is 2.54. The number of carbonyl (C=O) groups excluding carboxylic acids is 2. The van der Waals surface area contributed by atoms with Gasteiger partial charge in [0.1, 0.15) is 0 Å². The van der Waals surface area contributed by atoms with Crippen LogP contribution in [0.15, 0.2) is 0 Å². The van der Waals surface area contributed by atoms with E-state index in [0.29, 0.717) is 19.0 Å². The number of fused-ring (bicyclic) bond motifs is 1. The SMILES string of the molecule is CN1CCN(C(=O)C(=O)N2CCC3CCCCC3C2)CC1. The van der Waals surface area contributed by atoms with Gasteiger partial charge >= 0.3 is 11.8 Å². The molecule has 0 bridgehead atoms. The number of carbonyl (C=O) groups is 2. The summed E-state index contributed by atoms with van der Waals surface area (Å²) in [5.41, 5.74) is 0. The maximum atomic E-state index is 12.5. The highest BCUT2D eigenvalue weighted by molar-refractivity contribution is 6.34. The molecule has 3 fully saturated rings. The summed E-state index contributed by atoms with van der Waals surface area (Å²) in [5, 5.41) is 0. The van der Waals surface area contributed by atoms with Gasteiger partial charge in [-0.25, -0.2) is 0 Å². The van der Waals surface area contributed by atoms with Crippen molar-refractivity contribution in [1.82, 2.24) is 14.7 Å². The number of hydrogen-bond acceptors (Lipinski definition) is 3. The van der Waals surface area contributed by atoms with Gasteiger partial charge in [0, 0.05) is 39.3 Å². The number of likely N-dealkylation sites (N-methyl/N-ethyl adjacent to an activating group) is 1. The third kappa shape index (κ3) is 3.23. The summed E-state index contributed by atoms with van der Waals surface area (Å²) in [5.74, 6) is 0.888. The molecular formula is C16H27N3O2. The topological polar surface area (TPSA) is 43.9 Å². The largest absolute Gasteiger partial charge is 0.334 e. The third-order valence-electron chi connectivity index (χ3n) is 5.55. The lowest BCUT2D eigenvalue weighted by molar-refractivity contribution is -0.154. The molecule has 1 saturated carbocycles. The van der Waals surface area contributed by atoms with Crippen LogP contribution in [0.3, 0.4) is 0 Å². The van der Waals surface area contributed by atoms with E-state index in [1.807, 2.05) is 4.90 Å². The van der Waals surface area contributed by atoms with Crippen molar-refractivity contribution in [1.29, 1.82) is 0 Å². The van der Waals surface area contributed by atoms with Crippen LogP contribution in [0.2, 0.25) is 0 Å². The smallest absolute Gasteiger partial charge is 0.312 e. The van der Waals surface area contributed by atoms with E-state index in [4.69, 9.17) is 0 Å².